The SMILES string of the molecule is COc1cc(C)c(S(=O)(=O)N(C)CCOc2ccnc(N3CCC4(CCN(c5ccncc5)CC4)CC3)n2)c(C)c1. The number of piperidine rings is 2. The summed E-state index contributed by atoms with van der Waals surface area (Å²) in [6.45, 7) is 7.91. The molecule has 2 aliphatic rings. The second-order valence-corrected chi connectivity index (χ2v) is 13.1. The number of benzene rings is 1. The van der Waals surface area contributed by atoms with E-state index in [2.05, 4.69) is 36.9 Å². The minimum atomic E-state index is -3.69. The van der Waals surface area contributed by atoms with Crippen molar-refractivity contribution in [1.82, 2.24) is 19.3 Å². The number of sulfonamides is 1. The molecule has 4 heterocycles. The number of likely N-dealkylation sites (N-methyl/N-ethyl adjacent to an activating group) is 1. The molecule has 0 bridgehead atoms. The van der Waals surface area contributed by atoms with Crippen LogP contribution in [0.2, 0.25) is 0 Å². The first kappa shape index (κ1) is 29.1. The highest BCUT2D eigenvalue weighted by Gasteiger charge is 2.38. The summed E-state index contributed by atoms with van der Waals surface area (Å²) in [7, 11) is -0.549. The van der Waals surface area contributed by atoms with E-state index in [0.717, 1.165) is 39.0 Å². The first-order valence-corrected chi connectivity index (χ1v) is 15.6. The van der Waals surface area contributed by atoms with Gasteiger partial charge in [0.15, 0.2) is 0 Å². The van der Waals surface area contributed by atoms with Gasteiger partial charge in [0, 0.05) is 70.1 Å². The van der Waals surface area contributed by atoms with Gasteiger partial charge in [-0.2, -0.15) is 9.29 Å². The zero-order valence-corrected chi connectivity index (χ0v) is 25.2. The summed E-state index contributed by atoms with van der Waals surface area (Å²) in [4.78, 5) is 18.3. The molecular weight excluding hydrogens is 540 g/mol. The number of nitrogens with zero attached hydrogens (tertiary/aromatic N) is 6. The van der Waals surface area contributed by atoms with E-state index in [-0.39, 0.29) is 13.2 Å². The number of rotatable bonds is 9. The lowest BCUT2D eigenvalue weighted by molar-refractivity contribution is 0.166. The average molecular weight is 581 g/mol. The highest BCUT2D eigenvalue weighted by Crippen LogP contribution is 2.42. The van der Waals surface area contributed by atoms with Crippen LogP contribution >= 0.6 is 0 Å². The summed E-state index contributed by atoms with van der Waals surface area (Å²) in [5.74, 6) is 1.75. The summed E-state index contributed by atoms with van der Waals surface area (Å²) in [5.41, 5.74) is 2.94. The van der Waals surface area contributed by atoms with Gasteiger partial charge in [-0.15, -0.1) is 0 Å². The number of methoxy groups -OCH3 is 1. The van der Waals surface area contributed by atoms with Crippen LogP contribution < -0.4 is 19.3 Å². The predicted molar refractivity (Wildman–Crippen MR) is 159 cm³/mol. The standard InChI is InChI=1S/C30H40N6O4S/c1-23-21-26(39-4)22-24(2)28(23)41(37,38)34(3)19-20-40-27-7-14-32-29(33-27)36-17-10-30(11-18-36)8-15-35(16-9-30)25-5-12-31-13-6-25/h5-7,12-14,21-22H,8-11,15-20H2,1-4H3. The van der Waals surface area contributed by atoms with Crippen LogP contribution in [0.1, 0.15) is 36.8 Å². The number of pyridine rings is 1. The third-order valence-electron chi connectivity index (χ3n) is 8.57. The van der Waals surface area contributed by atoms with Crippen LogP contribution in [-0.2, 0) is 10.0 Å². The quantitative estimate of drug-likeness (QED) is 0.371. The van der Waals surface area contributed by atoms with Crippen molar-refractivity contribution in [1.29, 1.82) is 0 Å². The molecule has 0 atom stereocenters. The average Bonchev–Trinajstić information content (AvgIpc) is 2.98. The Hall–Kier alpha value is -3.44. The minimum absolute atomic E-state index is 0.178. The molecule has 1 aromatic carbocycles. The van der Waals surface area contributed by atoms with Crippen molar-refractivity contribution in [3.8, 4) is 11.6 Å². The minimum Gasteiger partial charge on any atom is -0.497 e. The fraction of sp³-hybridized carbons (Fsp3) is 0.500. The van der Waals surface area contributed by atoms with Gasteiger partial charge in [-0.3, -0.25) is 4.98 Å². The predicted octanol–water partition coefficient (Wildman–Crippen LogP) is 4.08. The highest BCUT2D eigenvalue weighted by molar-refractivity contribution is 7.89. The normalized spacial score (nSPS) is 17.2. The molecule has 2 aliphatic heterocycles. The summed E-state index contributed by atoms with van der Waals surface area (Å²) in [5, 5.41) is 0. The van der Waals surface area contributed by atoms with E-state index in [0.29, 0.717) is 39.0 Å². The molecule has 10 nitrogen and oxygen atoms in total. The van der Waals surface area contributed by atoms with Gasteiger partial charge in [0.25, 0.3) is 0 Å². The van der Waals surface area contributed by atoms with Gasteiger partial charge in [0.2, 0.25) is 21.9 Å². The molecule has 11 heteroatoms. The van der Waals surface area contributed by atoms with Crippen molar-refractivity contribution >= 4 is 21.7 Å². The molecule has 2 saturated heterocycles. The van der Waals surface area contributed by atoms with Gasteiger partial charge < -0.3 is 19.3 Å². The Kier molecular flexibility index (Phi) is 8.65. The lowest BCUT2D eigenvalue weighted by Gasteiger charge is -2.47. The molecule has 3 aromatic rings. The molecule has 5 rings (SSSR count). The van der Waals surface area contributed by atoms with Crippen LogP contribution in [0, 0.1) is 19.3 Å². The zero-order valence-electron chi connectivity index (χ0n) is 24.4. The second kappa shape index (κ2) is 12.2. The van der Waals surface area contributed by atoms with Gasteiger partial charge in [-0.05, 0) is 80.3 Å². The fourth-order valence-corrected chi connectivity index (χ4v) is 7.59. The van der Waals surface area contributed by atoms with Crippen LogP contribution in [0.4, 0.5) is 11.6 Å². The van der Waals surface area contributed by atoms with Gasteiger partial charge >= 0.3 is 0 Å². The van der Waals surface area contributed by atoms with E-state index in [9.17, 15) is 8.42 Å². The molecule has 220 valence electrons. The third-order valence-corrected chi connectivity index (χ3v) is 10.7. The van der Waals surface area contributed by atoms with Crippen molar-refractivity contribution in [3.63, 3.8) is 0 Å². The largest absolute Gasteiger partial charge is 0.497 e. The Morgan fingerprint density at radius 3 is 2.15 bits per heavy atom. The number of hydrogen-bond acceptors (Lipinski definition) is 9. The molecule has 41 heavy (non-hydrogen) atoms. The van der Waals surface area contributed by atoms with Gasteiger partial charge in [-0.1, -0.05) is 0 Å². The van der Waals surface area contributed by atoms with Gasteiger partial charge in [0.05, 0.1) is 12.0 Å². The van der Waals surface area contributed by atoms with Crippen LogP contribution in [0.15, 0.2) is 53.8 Å². The van der Waals surface area contributed by atoms with Crippen LogP contribution in [0.5, 0.6) is 11.6 Å². The number of aromatic nitrogens is 3. The van der Waals surface area contributed by atoms with Crippen molar-refractivity contribution in [3.05, 3.63) is 60.0 Å². The van der Waals surface area contributed by atoms with E-state index >= 15 is 0 Å². The van der Waals surface area contributed by atoms with Crippen molar-refractivity contribution in [2.45, 2.75) is 44.4 Å². The molecule has 0 saturated carbocycles. The van der Waals surface area contributed by atoms with E-state index < -0.39 is 10.0 Å². The summed E-state index contributed by atoms with van der Waals surface area (Å²) in [6, 6.07) is 9.37. The Bertz CT molecular complexity index is 1410. The first-order valence-electron chi connectivity index (χ1n) is 14.2. The molecule has 2 fully saturated rings. The van der Waals surface area contributed by atoms with Crippen molar-refractivity contribution < 1.29 is 17.9 Å². The maximum absolute atomic E-state index is 13.3. The van der Waals surface area contributed by atoms with Crippen molar-refractivity contribution in [2.24, 2.45) is 5.41 Å². The monoisotopic (exact) mass is 580 g/mol. The smallest absolute Gasteiger partial charge is 0.243 e. The molecule has 0 radical (unpaired) electrons. The van der Waals surface area contributed by atoms with Crippen LogP contribution in [0.3, 0.4) is 0 Å². The lowest BCUT2D eigenvalue weighted by atomic mass is 9.71. The summed E-state index contributed by atoms with van der Waals surface area (Å²) >= 11 is 0. The topological polar surface area (TPSA) is 101 Å². The lowest BCUT2D eigenvalue weighted by Crippen LogP contribution is -2.47. The first-order chi connectivity index (χ1) is 19.7. The van der Waals surface area contributed by atoms with Crippen LogP contribution in [0.25, 0.3) is 0 Å². The second-order valence-electron chi connectivity index (χ2n) is 11.1. The number of hydrogen-bond donors (Lipinski definition) is 0. The van der Waals surface area contributed by atoms with Crippen LogP contribution in [-0.4, -0.2) is 81.2 Å². The van der Waals surface area contributed by atoms with Gasteiger partial charge in [-0.25, -0.2) is 13.4 Å². The summed E-state index contributed by atoms with van der Waals surface area (Å²) in [6.07, 6.45) is 10.1. The van der Waals surface area contributed by atoms with E-state index in [1.165, 1.54) is 22.8 Å². The Balaban J connectivity index is 1.13. The number of anilines is 2. The fourth-order valence-electron chi connectivity index (χ4n) is 6.03. The Morgan fingerprint density at radius 2 is 1.54 bits per heavy atom. The Morgan fingerprint density at radius 1 is 0.927 bits per heavy atom. The third kappa shape index (κ3) is 6.41. The zero-order chi connectivity index (χ0) is 29.0. The number of aryl methyl sites for hydroxylation is 2. The van der Waals surface area contributed by atoms with E-state index in [1.54, 1.807) is 52.4 Å². The molecule has 0 amide bonds. The molecule has 0 aliphatic carbocycles. The van der Waals surface area contributed by atoms with Gasteiger partial charge in [0.1, 0.15) is 12.4 Å². The highest BCUT2D eigenvalue weighted by atomic mass is 32.2. The molecule has 2 aromatic heterocycles. The summed E-state index contributed by atoms with van der Waals surface area (Å²) < 4.78 is 39.1. The molecule has 1 spiro atoms. The number of ether oxygens (including phenoxy) is 2. The molecule has 0 unspecified atom stereocenters. The maximum Gasteiger partial charge on any atom is 0.243 e. The van der Waals surface area contributed by atoms with E-state index in [1.807, 2.05) is 12.4 Å². The van der Waals surface area contributed by atoms with E-state index in [4.69, 9.17) is 9.47 Å². The Labute approximate surface area is 243 Å². The molecular formula is C30H40N6O4S. The van der Waals surface area contributed by atoms with Crippen molar-refractivity contribution in [2.75, 3.05) is 63.3 Å². The molecule has 0 N–H and O–H groups in total. The maximum atomic E-state index is 13.3.